The molecule has 0 spiro atoms. The van der Waals surface area contributed by atoms with Gasteiger partial charge in [-0.2, -0.15) is 0 Å². The molecule has 0 aliphatic heterocycles. The van der Waals surface area contributed by atoms with Crippen molar-refractivity contribution >= 4 is 21.8 Å². The Morgan fingerprint density at radius 3 is 1.20 bits per heavy atom. The van der Waals surface area contributed by atoms with Gasteiger partial charge in [0.15, 0.2) is 0 Å². The van der Waals surface area contributed by atoms with Crippen LogP contribution < -0.4 is 11.3 Å². The summed E-state index contributed by atoms with van der Waals surface area (Å²) in [7, 11) is 0. The molecule has 6 heteroatoms. The third-order valence-electron chi connectivity index (χ3n) is 9.07. The van der Waals surface area contributed by atoms with Crippen molar-refractivity contribution in [2.75, 3.05) is 0 Å². The highest BCUT2D eigenvalue weighted by molar-refractivity contribution is 5.81. The molecule has 0 aliphatic carbocycles. The molecule has 7 aromatic rings. The van der Waals surface area contributed by atoms with Crippen LogP contribution in [0.3, 0.4) is 0 Å². The summed E-state index contributed by atoms with van der Waals surface area (Å²) >= 11 is 0. The zero-order valence-electron chi connectivity index (χ0n) is 26.1. The normalized spacial score (nSPS) is 12.1. The van der Waals surface area contributed by atoms with Gasteiger partial charge in [0.1, 0.15) is 0 Å². The van der Waals surface area contributed by atoms with Crippen LogP contribution in [-0.4, -0.2) is 9.97 Å². The lowest BCUT2D eigenvalue weighted by atomic mass is 9.78. The molecule has 2 heterocycles. The highest BCUT2D eigenvalue weighted by atomic mass is 16.4. The molecule has 46 heavy (non-hydrogen) atoms. The fourth-order valence-corrected chi connectivity index (χ4v) is 5.97. The third kappa shape index (κ3) is 5.12. The standard InChI is InChI=1S/C40H32N2O4/c1-39(2,27-11-7-5-8-12-27)29-19-21-33-31(23-29)37(43)45-35(41-33)25-15-17-26(18-16-25)36-42-34-22-20-30(24-32(34)38(44)46-36)40(3,4)28-13-9-6-10-14-28/h5-24H,1-4H3. The number of benzene rings is 5. The van der Waals surface area contributed by atoms with Crippen molar-refractivity contribution in [3.63, 3.8) is 0 Å². The van der Waals surface area contributed by atoms with Crippen LogP contribution in [0.2, 0.25) is 0 Å². The Labute approximate surface area is 266 Å². The molecule has 0 saturated carbocycles. The smallest absolute Gasteiger partial charge is 0.347 e. The van der Waals surface area contributed by atoms with Gasteiger partial charge in [-0.1, -0.05) is 100 Å². The van der Waals surface area contributed by atoms with Gasteiger partial charge in [0.2, 0.25) is 11.8 Å². The van der Waals surface area contributed by atoms with Crippen LogP contribution >= 0.6 is 0 Å². The number of aromatic nitrogens is 2. The van der Waals surface area contributed by atoms with Crippen LogP contribution in [0.25, 0.3) is 44.7 Å². The highest BCUT2D eigenvalue weighted by Gasteiger charge is 2.25. The fraction of sp³-hybridized carbons (Fsp3) is 0.150. The Hall–Kier alpha value is -5.62. The van der Waals surface area contributed by atoms with Gasteiger partial charge in [-0.15, -0.1) is 0 Å². The molecule has 0 unspecified atom stereocenters. The molecule has 226 valence electrons. The molecule has 5 aromatic carbocycles. The summed E-state index contributed by atoms with van der Waals surface area (Å²) < 4.78 is 11.4. The van der Waals surface area contributed by atoms with Crippen molar-refractivity contribution in [1.82, 2.24) is 9.97 Å². The Bertz CT molecular complexity index is 2170. The van der Waals surface area contributed by atoms with E-state index in [2.05, 4.69) is 61.9 Å². The van der Waals surface area contributed by atoms with Crippen molar-refractivity contribution in [3.05, 3.63) is 164 Å². The molecule has 2 aromatic heterocycles. The first-order chi connectivity index (χ1) is 22.1. The van der Waals surface area contributed by atoms with E-state index in [-0.39, 0.29) is 22.6 Å². The van der Waals surface area contributed by atoms with E-state index in [1.165, 1.54) is 0 Å². The molecule has 0 fully saturated rings. The van der Waals surface area contributed by atoms with Crippen molar-refractivity contribution in [2.24, 2.45) is 0 Å². The maximum absolute atomic E-state index is 13.1. The van der Waals surface area contributed by atoms with E-state index < -0.39 is 11.3 Å². The van der Waals surface area contributed by atoms with Crippen LogP contribution in [-0.2, 0) is 10.8 Å². The fourth-order valence-electron chi connectivity index (χ4n) is 5.97. The van der Waals surface area contributed by atoms with Gasteiger partial charge in [-0.3, -0.25) is 0 Å². The molecule has 7 rings (SSSR count). The van der Waals surface area contributed by atoms with Gasteiger partial charge < -0.3 is 8.83 Å². The van der Waals surface area contributed by atoms with Crippen molar-refractivity contribution < 1.29 is 8.83 Å². The minimum atomic E-state index is -0.452. The number of rotatable bonds is 6. The van der Waals surface area contributed by atoms with Crippen LogP contribution in [0.5, 0.6) is 0 Å². The van der Waals surface area contributed by atoms with E-state index >= 15 is 0 Å². The summed E-state index contributed by atoms with van der Waals surface area (Å²) in [5, 5.41) is 0.860. The van der Waals surface area contributed by atoms with E-state index in [1.54, 1.807) is 24.3 Å². The largest absolute Gasteiger partial charge is 0.403 e. The Balaban J connectivity index is 1.18. The lowest BCUT2D eigenvalue weighted by Crippen LogP contribution is -2.19. The second-order valence-electron chi connectivity index (χ2n) is 12.6. The van der Waals surface area contributed by atoms with Gasteiger partial charge in [0, 0.05) is 22.0 Å². The quantitative estimate of drug-likeness (QED) is 0.189. The minimum absolute atomic E-state index is 0.209. The van der Waals surface area contributed by atoms with Crippen LogP contribution in [0.1, 0.15) is 49.9 Å². The van der Waals surface area contributed by atoms with E-state index in [4.69, 9.17) is 8.83 Å². The molecular formula is C40H32N2O4. The maximum Gasteiger partial charge on any atom is 0.347 e. The Morgan fingerprint density at radius 1 is 0.457 bits per heavy atom. The lowest BCUT2D eigenvalue weighted by Gasteiger charge is -2.26. The maximum atomic E-state index is 13.1. The Kier molecular flexibility index (Phi) is 7.01. The molecule has 0 amide bonds. The molecular weight excluding hydrogens is 572 g/mol. The zero-order chi connectivity index (χ0) is 32.1. The van der Waals surface area contributed by atoms with Crippen LogP contribution in [0, 0.1) is 0 Å². The molecule has 6 nitrogen and oxygen atoms in total. The molecule has 0 saturated heterocycles. The summed E-state index contributed by atoms with van der Waals surface area (Å²) in [6.07, 6.45) is 0. The van der Waals surface area contributed by atoms with Crippen molar-refractivity contribution in [1.29, 1.82) is 0 Å². The number of hydrogen-bond acceptors (Lipinski definition) is 6. The van der Waals surface area contributed by atoms with Gasteiger partial charge >= 0.3 is 11.3 Å². The second kappa shape index (κ2) is 11.1. The van der Waals surface area contributed by atoms with E-state index in [0.717, 1.165) is 22.3 Å². The average Bonchev–Trinajstić information content (AvgIpc) is 3.08. The zero-order valence-corrected chi connectivity index (χ0v) is 26.1. The second-order valence-corrected chi connectivity index (χ2v) is 12.6. The van der Waals surface area contributed by atoms with E-state index in [9.17, 15) is 9.59 Å². The molecule has 0 radical (unpaired) electrons. The van der Waals surface area contributed by atoms with Crippen molar-refractivity contribution in [3.8, 4) is 22.9 Å². The number of nitrogens with zero attached hydrogens (tertiary/aromatic N) is 2. The molecule has 0 N–H and O–H groups in total. The molecule has 0 aliphatic rings. The Morgan fingerprint density at radius 2 is 0.826 bits per heavy atom. The summed E-state index contributed by atoms with van der Waals surface area (Å²) in [6.45, 7) is 8.52. The molecule has 0 bridgehead atoms. The first-order valence-corrected chi connectivity index (χ1v) is 15.2. The lowest BCUT2D eigenvalue weighted by molar-refractivity contribution is 0.516. The van der Waals surface area contributed by atoms with Gasteiger partial charge in [-0.25, -0.2) is 19.6 Å². The monoisotopic (exact) mass is 604 g/mol. The van der Waals surface area contributed by atoms with Crippen LogP contribution in [0.15, 0.2) is 140 Å². The van der Waals surface area contributed by atoms with Crippen molar-refractivity contribution in [2.45, 2.75) is 38.5 Å². The van der Waals surface area contributed by atoms with E-state index in [1.807, 2.05) is 72.8 Å². The summed E-state index contributed by atoms with van der Waals surface area (Å²) in [5.41, 5.74) is 5.13. The predicted octanol–water partition coefficient (Wildman–Crippen LogP) is 8.68. The highest BCUT2D eigenvalue weighted by Crippen LogP contribution is 2.34. The van der Waals surface area contributed by atoms with E-state index in [0.29, 0.717) is 32.9 Å². The predicted molar refractivity (Wildman–Crippen MR) is 182 cm³/mol. The summed E-state index contributed by atoms with van der Waals surface area (Å²) in [6, 6.07) is 38.9. The number of fused-ring (bicyclic) bond motifs is 2. The third-order valence-corrected chi connectivity index (χ3v) is 9.07. The molecule has 0 atom stereocenters. The average molecular weight is 605 g/mol. The van der Waals surface area contributed by atoms with Gasteiger partial charge in [0.05, 0.1) is 21.8 Å². The summed E-state index contributed by atoms with van der Waals surface area (Å²) in [4.78, 5) is 35.6. The van der Waals surface area contributed by atoms with Crippen LogP contribution in [0.4, 0.5) is 0 Å². The first kappa shape index (κ1) is 29.1. The van der Waals surface area contributed by atoms with Gasteiger partial charge in [-0.05, 0) is 70.8 Å². The van der Waals surface area contributed by atoms with Gasteiger partial charge in [0.25, 0.3) is 0 Å². The first-order valence-electron chi connectivity index (χ1n) is 15.2. The minimum Gasteiger partial charge on any atom is -0.403 e. The number of hydrogen-bond donors (Lipinski definition) is 0. The summed E-state index contributed by atoms with van der Waals surface area (Å²) in [5.74, 6) is 0.418. The SMILES string of the molecule is CC(C)(c1ccccc1)c1ccc2nc(-c3ccc(-c4nc5ccc(C(C)(C)c6ccccc6)cc5c(=O)o4)cc3)oc(=O)c2c1. The topological polar surface area (TPSA) is 86.2 Å².